The van der Waals surface area contributed by atoms with Gasteiger partial charge in [0.05, 0.1) is 0 Å². The van der Waals surface area contributed by atoms with Crippen LogP contribution >= 0.6 is 0 Å². The normalized spacial score (nSPS) is 19.8. The van der Waals surface area contributed by atoms with Gasteiger partial charge in [0.2, 0.25) is 11.8 Å². The number of amides is 2. The third-order valence-electron chi connectivity index (χ3n) is 5.29. The zero-order chi connectivity index (χ0) is 17.1. The van der Waals surface area contributed by atoms with Crippen LogP contribution in [0.15, 0.2) is 24.3 Å². The standard InChI is InChI=1S/C20H28N2O2/c1-15-6-3-4-7-18(15)16(2)14-19(23)21-10-5-11-22(13-12-21)20(24)17-8-9-17/h3-4,6-7,16-17H,5,8-14H2,1-2H3. The van der Waals surface area contributed by atoms with Crippen molar-refractivity contribution in [3.8, 4) is 0 Å². The van der Waals surface area contributed by atoms with Crippen LogP contribution in [-0.2, 0) is 9.59 Å². The molecule has 4 nitrogen and oxygen atoms in total. The summed E-state index contributed by atoms with van der Waals surface area (Å²) in [6.07, 6.45) is 3.53. The first-order valence-corrected chi connectivity index (χ1v) is 9.18. The molecule has 1 atom stereocenters. The molecular formula is C20H28N2O2. The molecule has 0 radical (unpaired) electrons. The largest absolute Gasteiger partial charge is 0.341 e. The number of benzene rings is 1. The van der Waals surface area contributed by atoms with E-state index >= 15 is 0 Å². The van der Waals surface area contributed by atoms with Crippen LogP contribution in [0.25, 0.3) is 0 Å². The molecule has 1 unspecified atom stereocenters. The second-order valence-electron chi connectivity index (χ2n) is 7.30. The molecular weight excluding hydrogens is 300 g/mol. The Bertz CT molecular complexity index is 609. The lowest BCUT2D eigenvalue weighted by atomic mass is 9.93. The minimum Gasteiger partial charge on any atom is -0.341 e. The maximum atomic E-state index is 12.7. The minimum atomic E-state index is 0.214. The number of rotatable bonds is 4. The van der Waals surface area contributed by atoms with Gasteiger partial charge in [-0.25, -0.2) is 0 Å². The molecule has 0 spiro atoms. The van der Waals surface area contributed by atoms with Gasteiger partial charge in [0.25, 0.3) is 0 Å². The maximum Gasteiger partial charge on any atom is 0.225 e. The molecule has 1 aromatic rings. The van der Waals surface area contributed by atoms with Crippen molar-refractivity contribution in [3.05, 3.63) is 35.4 Å². The molecule has 1 saturated heterocycles. The molecule has 24 heavy (non-hydrogen) atoms. The van der Waals surface area contributed by atoms with Crippen molar-refractivity contribution in [3.63, 3.8) is 0 Å². The number of carbonyl (C=O) groups is 2. The van der Waals surface area contributed by atoms with Crippen molar-refractivity contribution in [2.45, 2.75) is 45.4 Å². The quantitative estimate of drug-likeness (QED) is 0.852. The lowest BCUT2D eigenvalue weighted by Crippen LogP contribution is -2.38. The molecule has 0 aromatic heterocycles. The predicted molar refractivity (Wildman–Crippen MR) is 94.7 cm³/mol. The van der Waals surface area contributed by atoms with Crippen LogP contribution in [0.1, 0.15) is 49.7 Å². The van der Waals surface area contributed by atoms with E-state index in [1.165, 1.54) is 11.1 Å². The molecule has 130 valence electrons. The highest BCUT2D eigenvalue weighted by molar-refractivity contribution is 5.81. The van der Waals surface area contributed by atoms with Crippen LogP contribution in [0, 0.1) is 12.8 Å². The number of hydrogen-bond donors (Lipinski definition) is 0. The summed E-state index contributed by atoms with van der Waals surface area (Å²) >= 11 is 0. The smallest absolute Gasteiger partial charge is 0.225 e. The first kappa shape index (κ1) is 17.0. The van der Waals surface area contributed by atoms with Gasteiger partial charge < -0.3 is 9.80 Å². The van der Waals surface area contributed by atoms with Crippen molar-refractivity contribution in [1.82, 2.24) is 9.80 Å². The highest BCUT2D eigenvalue weighted by Crippen LogP contribution is 2.31. The molecule has 1 heterocycles. The Labute approximate surface area is 144 Å². The van der Waals surface area contributed by atoms with E-state index < -0.39 is 0 Å². The molecule has 2 amide bonds. The number of nitrogens with zero attached hydrogens (tertiary/aromatic N) is 2. The van der Waals surface area contributed by atoms with Gasteiger partial charge in [-0.2, -0.15) is 0 Å². The zero-order valence-electron chi connectivity index (χ0n) is 14.8. The summed E-state index contributed by atoms with van der Waals surface area (Å²) in [6, 6.07) is 8.29. The highest BCUT2D eigenvalue weighted by Gasteiger charge is 2.34. The molecule has 0 bridgehead atoms. The Morgan fingerprint density at radius 3 is 2.46 bits per heavy atom. The topological polar surface area (TPSA) is 40.6 Å². The van der Waals surface area contributed by atoms with Crippen molar-refractivity contribution in [2.75, 3.05) is 26.2 Å². The van der Waals surface area contributed by atoms with Gasteiger partial charge >= 0.3 is 0 Å². The Morgan fingerprint density at radius 1 is 1.08 bits per heavy atom. The van der Waals surface area contributed by atoms with Crippen molar-refractivity contribution in [1.29, 1.82) is 0 Å². The maximum absolute atomic E-state index is 12.7. The lowest BCUT2D eigenvalue weighted by molar-refractivity contribution is -0.134. The zero-order valence-corrected chi connectivity index (χ0v) is 14.8. The summed E-state index contributed by atoms with van der Waals surface area (Å²) in [5.74, 6) is 1.02. The number of carbonyl (C=O) groups excluding carboxylic acids is 2. The molecule has 4 heteroatoms. The highest BCUT2D eigenvalue weighted by atomic mass is 16.2. The van der Waals surface area contributed by atoms with Gasteiger partial charge in [-0.15, -0.1) is 0 Å². The van der Waals surface area contributed by atoms with Gasteiger partial charge in [-0.05, 0) is 43.2 Å². The van der Waals surface area contributed by atoms with Gasteiger partial charge in [0.15, 0.2) is 0 Å². The average molecular weight is 328 g/mol. The second-order valence-corrected chi connectivity index (χ2v) is 7.30. The van der Waals surface area contributed by atoms with E-state index in [0.717, 1.165) is 32.4 Å². The van der Waals surface area contributed by atoms with Gasteiger partial charge in [0, 0.05) is 38.5 Å². The molecule has 1 aliphatic heterocycles. The van der Waals surface area contributed by atoms with Gasteiger partial charge in [-0.1, -0.05) is 31.2 Å². The van der Waals surface area contributed by atoms with Crippen LogP contribution in [0.5, 0.6) is 0 Å². The Hall–Kier alpha value is -1.84. The Balaban J connectivity index is 1.55. The second kappa shape index (κ2) is 7.37. The third kappa shape index (κ3) is 3.97. The lowest BCUT2D eigenvalue weighted by Gasteiger charge is -2.24. The summed E-state index contributed by atoms with van der Waals surface area (Å²) in [5, 5.41) is 0. The number of hydrogen-bond acceptors (Lipinski definition) is 2. The van der Waals surface area contributed by atoms with Crippen LogP contribution in [0.4, 0.5) is 0 Å². The third-order valence-corrected chi connectivity index (χ3v) is 5.29. The fraction of sp³-hybridized carbons (Fsp3) is 0.600. The van der Waals surface area contributed by atoms with Crippen LogP contribution in [0.3, 0.4) is 0 Å². The fourth-order valence-corrected chi connectivity index (χ4v) is 3.62. The first-order valence-electron chi connectivity index (χ1n) is 9.18. The van der Waals surface area contributed by atoms with Crippen molar-refractivity contribution >= 4 is 11.8 Å². The van der Waals surface area contributed by atoms with E-state index in [2.05, 4.69) is 26.0 Å². The average Bonchev–Trinajstić information content (AvgIpc) is 3.41. The van der Waals surface area contributed by atoms with E-state index in [0.29, 0.717) is 25.4 Å². The Kier molecular flexibility index (Phi) is 5.22. The van der Waals surface area contributed by atoms with Gasteiger partial charge in [0.1, 0.15) is 0 Å². The molecule has 2 fully saturated rings. The molecule has 3 rings (SSSR count). The van der Waals surface area contributed by atoms with Gasteiger partial charge in [-0.3, -0.25) is 9.59 Å². The molecule has 2 aliphatic rings. The molecule has 1 aromatic carbocycles. The van der Waals surface area contributed by atoms with E-state index in [1.807, 2.05) is 21.9 Å². The molecule has 0 N–H and O–H groups in total. The van der Waals surface area contributed by atoms with E-state index in [4.69, 9.17) is 0 Å². The monoisotopic (exact) mass is 328 g/mol. The summed E-state index contributed by atoms with van der Waals surface area (Å²) in [7, 11) is 0. The van der Waals surface area contributed by atoms with Crippen LogP contribution in [0.2, 0.25) is 0 Å². The SMILES string of the molecule is Cc1ccccc1C(C)CC(=O)N1CCCN(C(=O)C2CC2)CC1. The minimum absolute atomic E-state index is 0.214. The summed E-state index contributed by atoms with van der Waals surface area (Å²) in [6.45, 7) is 7.17. The van der Waals surface area contributed by atoms with Crippen LogP contribution in [-0.4, -0.2) is 47.8 Å². The van der Waals surface area contributed by atoms with Crippen molar-refractivity contribution < 1.29 is 9.59 Å². The summed E-state index contributed by atoms with van der Waals surface area (Å²) in [5.41, 5.74) is 2.50. The Morgan fingerprint density at radius 2 is 1.75 bits per heavy atom. The first-order chi connectivity index (χ1) is 11.6. The molecule has 1 aliphatic carbocycles. The van der Waals surface area contributed by atoms with Crippen LogP contribution < -0.4 is 0 Å². The molecule has 1 saturated carbocycles. The number of aryl methyl sites for hydroxylation is 1. The van der Waals surface area contributed by atoms with E-state index in [9.17, 15) is 9.59 Å². The predicted octanol–water partition coefficient (Wildman–Crippen LogP) is 2.96. The van der Waals surface area contributed by atoms with Crippen molar-refractivity contribution in [2.24, 2.45) is 5.92 Å². The van der Waals surface area contributed by atoms with E-state index in [-0.39, 0.29) is 17.7 Å². The van der Waals surface area contributed by atoms with E-state index in [1.54, 1.807) is 0 Å². The fourth-order valence-electron chi connectivity index (χ4n) is 3.62. The summed E-state index contributed by atoms with van der Waals surface area (Å²) in [4.78, 5) is 28.8. The summed E-state index contributed by atoms with van der Waals surface area (Å²) < 4.78 is 0.